The van der Waals surface area contributed by atoms with Gasteiger partial charge in [-0.15, -0.1) is 23.1 Å². The lowest BCUT2D eigenvalue weighted by Gasteiger charge is -2.04. The molecule has 0 unspecified atom stereocenters. The molecule has 126 valence electrons. The molecule has 0 saturated heterocycles. The first-order valence-electron chi connectivity index (χ1n) is 7.77. The van der Waals surface area contributed by atoms with Crippen molar-refractivity contribution in [3.63, 3.8) is 0 Å². The molecule has 4 aromatic rings. The minimum atomic E-state index is -0.163. The van der Waals surface area contributed by atoms with Crippen LogP contribution in [0.4, 0.5) is 0 Å². The lowest BCUT2D eigenvalue weighted by molar-refractivity contribution is 0.0924. The highest BCUT2D eigenvalue weighted by Crippen LogP contribution is 2.33. The zero-order valence-corrected chi connectivity index (χ0v) is 15.7. The summed E-state index contributed by atoms with van der Waals surface area (Å²) in [4.78, 5) is 12.7. The van der Waals surface area contributed by atoms with E-state index in [1.54, 1.807) is 34.4 Å². The summed E-state index contributed by atoms with van der Waals surface area (Å²) >= 11 is 5.06. The van der Waals surface area contributed by atoms with E-state index in [2.05, 4.69) is 16.8 Å². The Morgan fingerprint density at radius 1 is 1.12 bits per heavy atom. The highest BCUT2D eigenvalue weighted by Gasteiger charge is 2.20. The molecule has 3 heterocycles. The fourth-order valence-corrected chi connectivity index (χ4v) is 5.05. The molecule has 4 rings (SSSR count). The Labute approximate surface area is 157 Å². The third kappa shape index (κ3) is 3.66. The number of furan rings is 1. The van der Waals surface area contributed by atoms with Crippen LogP contribution in [0.2, 0.25) is 0 Å². The number of carbonyl (C=O) groups is 1. The first kappa shape index (κ1) is 16.4. The second kappa shape index (κ2) is 7.47. The Kier molecular flexibility index (Phi) is 4.92. The Bertz CT molecular complexity index is 972. The summed E-state index contributed by atoms with van der Waals surface area (Å²) in [6.07, 6.45) is 0. The Morgan fingerprint density at radius 2 is 2.04 bits per heavy atom. The Balaban J connectivity index is 1.60. The number of amides is 1. The van der Waals surface area contributed by atoms with E-state index in [1.807, 2.05) is 47.2 Å². The number of thioether (sulfide) groups is 1. The van der Waals surface area contributed by atoms with Crippen molar-refractivity contribution in [1.82, 2.24) is 5.32 Å². The molecule has 0 radical (unpaired) electrons. The predicted molar refractivity (Wildman–Crippen MR) is 106 cm³/mol. The molecule has 3 nitrogen and oxygen atoms in total. The maximum Gasteiger partial charge on any atom is 0.287 e. The van der Waals surface area contributed by atoms with Gasteiger partial charge in [0.15, 0.2) is 5.76 Å². The zero-order valence-electron chi connectivity index (χ0n) is 13.2. The maximum absolute atomic E-state index is 12.7. The van der Waals surface area contributed by atoms with Crippen molar-refractivity contribution in [3.8, 4) is 0 Å². The number of nitrogens with one attached hydrogen (secondary N) is 1. The molecule has 0 aliphatic rings. The number of rotatable bonds is 6. The highest BCUT2D eigenvalue weighted by molar-refractivity contribution is 8.00. The molecule has 0 aliphatic heterocycles. The molecule has 0 spiro atoms. The molecule has 1 amide bonds. The highest BCUT2D eigenvalue weighted by atomic mass is 32.2. The molecule has 3 aromatic heterocycles. The summed E-state index contributed by atoms with van der Waals surface area (Å²) in [5.74, 6) is 0.961. The van der Waals surface area contributed by atoms with Gasteiger partial charge in [-0.1, -0.05) is 24.3 Å². The summed E-state index contributed by atoms with van der Waals surface area (Å²) in [5.41, 5.74) is 2.81. The van der Waals surface area contributed by atoms with Crippen LogP contribution in [0.5, 0.6) is 0 Å². The Hall–Kier alpha value is -2.02. The van der Waals surface area contributed by atoms with Gasteiger partial charge in [0.25, 0.3) is 5.91 Å². The van der Waals surface area contributed by atoms with Crippen molar-refractivity contribution in [1.29, 1.82) is 0 Å². The summed E-state index contributed by atoms with van der Waals surface area (Å²) < 4.78 is 7.11. The van der Waals surface area contributed by atoms with E-state index < -0.39 is 0 Å². The van der Waals surface area contributed by atoms with Gasteiger partial charge in [0, 0.05) is 23.2 Å². The van der Waals surface area contributed by atoms with E-state index in [-0.39, 0.29) is 5.91 Å². The van der Waals surface area contributed by atoms with Gasteiger partial charge in [0.1, 0.15) is 5.58 Å². The molecule has 25 heavy (non-hydrogen) atoms. The van der Waals surface area contributed by atoms with Gasteiger partial charge in [0.2, 0.25) is 0 Å². The van der Waals surface area contributed by atoms with E-state index in [9.17, 15) is 4.79 Å². The number of benzene rings is 1. The summed E-state index contributed by atoms with van der Waals surface area (Å²) in [6.45, 7) is 0.511. The topological polar surface area (TPSA) is 42.2 Å². The van der Waals surface area contributed by atoms with E-state index in [0.717, 1.165) is 22.1 Å². The predicted octanol–water partition coefficient (Wildman–Crippen LogP) is 5.78. The van der Waals surface area contributed by atoms with Crippen LogP contribution < -0.4 is 5.32 Å². The number of carbonyl (C=O) groups excluding carboxylic acids is 1. The smallest absolute Gasteiger partial charge is 0.287 e. The van der Waals surface area contributed by atoms with E-state index >= 15 is 0 Å². The van der Waals surface area contributed by atoms with Crippen molar-refractivity contribution < 1.29 is 9.21 Å². The third-order valence-electron chi connectivity index (χ3n) is 3.79. The minimum Gasteiger partial charge on any atom is -0.451 e. The normalized spacial score (nSPS) is 11.0. The van der Waals surface area contributed by atoms with Gasteiger partial charge in [-0.2, -0.15) is 11.3 Å². The van der Waals surface area contributed by atoms with Crippen LogP contribution in [0, 0.1) is 0 Å². The van der Waals surface area contributed by atoms with Gasteiger partial charge < -0.3 is 9.73 Å². The number of hydrogen-bond acceptors (Lipinski definition) is 5. The van der Waals surface area contributed by atoms with Gasteiger partial charge in [-0.05, 0) is 39.9 Å². The Morgan fingerprint density at radius 3 is 2.84 bits per heavy atom. The van der Waals surface area contributed by atoms with Crippen molar-refractivity contribution in [3.05, 3.63) is 75.5 Å². The van der Waals surface area contributed by atoms with Crippen LogP contribution in [0.15, 0.2) is 67.2 Å². The molecule has 0 atom stereocenters. The molecule has 1 N–H and O–H groups in total. The second-order valence-electron chi connectivity index (χ2n) is 5.44. The van der Waals surface area contributed by atoms with Crippen LogP contribution >= 0.6 is 34.4 Å². The van der Waals surface area contributed by atoms with Crippen molar-refractivity contribution in [2.75, 3.05) is 0 Å². The molecule has 6 heteroatoms. The third-order valence-corrected chi connectivity index (χ3v) is 6.68. The average molecular weight is 386 g/mol. The van der Waals surface area contributed by atoms with Gasteiger partial charge >= 0.3 is 0 Å². The summed E-state index contributed by atoms with van der Waals surface area (Å²) in [7, 11) is 0. The molecule has 0 bridgehead atoms. The van der Waals surface area contributed by atoms with Crippen molar-refractivity contribution in [2.45, 2.75) is 16.5 Å². The quantitative estimate of drug-likeness (QED) is 0.428. The van der Waals surface area contributed by atoms with Crippen molar-refractivity contribution in [2.24, 2.45) is 0 Å². The van der Waals surface area contributed by atoms with Gasteiger partial charge in [-0.3, -0.25) is 4.79 Å². The molecule has 0 aliphatic carbocycles. The monoisotopic (exact) mass is 385 g/mol. The number of fused-ring (bicyclic) bond motifs is 1. The molecular formula is C19H15NO2S3. The molecule has 0 saturated carbocycles. The van der Waals surface area contributed by atoms with E-state index in [1.165, 1.54) is 4.21 Å². The first-order chi connectivity index (χ1) is 12.3. The largest absolute Gasteiger partial charge is 0.451 e. The van der Waals surface area contributed by atoms with Crippen LogP contribution in [-0.4, -0.2) is 5.91 Å². The molecule has 0 fully saturated rings. The van der Waals surface area contributed by atoms with Crippen molar-refractivity contribution >= 4 is 51.3 Å². The van der Waals surface area contributed by atoms with Crippen LogP contribution in [0.3, 0.4) is 0 Å². The van der Waals surface area contributed by atoms with E-state index in [4.69, 9.17) is 4.42 Å². The van der Waals surface area contributed by atoms with Crippen LogP contribution in [0.25, 0.3) is 11.0 Å². The number of hydrogen-bond donors (Lipinski definition) is 1. The molecular weight excluding hydrogens is 370 g/mol. The standard InChI is InChI=1S/C19H15NO2S3/c21-19(20-10-13-7-9-23-11-13)18-15(12-25-17-6-3-8-24-17)14-4-1-2-5-16(14)22-18/h1-9,11H,10,12H2,(H,20,21). The maximum atomic E-state index is 12.7. The SMILES string of the molecule is O=C(NCc1ccsc1)c1oc2ccccc2c1CSc1cccs1. The fourth-order valence-electron chi connectivity index (χ4n) is 2.57. The minimum absolute atomic E-state index is 0.163. The van der Waals surface area contributed by atoms with Gasteiger partial charge in [-0.25, -0.2) is 0 Å². The summed E-state index contributed by atoms with van der Waals surface area (Å²) in [6, 6.07) is 14.0. The average Bonchev–Trinajstić information content (AvgIpc) is 3.38. The van der Waals surface area contributed by atoms with Crippen LogP contribution in [0.1, 0.15) is 21.7 Å². The summed E-state index contributed by atoms with van der Waals surface area (Å²) in [5, 5.41) is 10.1. The number of thiophene rings is 2. The zero-order chi connectivity index (χ0) is 17.1. The van der Waals surface area contributed by atoms with Crippen LogP contribution in [-0.2, 0) is 12.3 Å². The van der Waals surface area contributed by atoms with E-state index in [0.29, 0.717) is 18.1 Å². The number of para-hydroxylation sites is 1. The molecule has 1 aromatic carbocycles. The lowest BCUT2D eigenvalue weighted by atomic mass is 10.1. The lowest BCUT2D eigenvalue weighted by Crippen LogP contribution is -2.23. The fraction of sp³-hybridized carbons (Fsp3) is 0.105. The first-order valence-corrected chi connectivity index (χ1v) is 10.6. The van der Waals surface area contributed by atoms with Gasteiger partial charge in [0.05, 0.1) is 4.21 Å². The second-order valence-corrected chi connectivity index (χ2v) is 8.44.